The second kappa shape index (κ2) is 7.89. The van der Waals surface area contributed by atoms with Gasteiger partial charge in [-0.3, -0.25) is 9.48 Å². The average Bonchev–Trinajstić information content (AvgIpc) is 3.08. The van der Waals surface area contributed by atoms with E-state index in [9.17, 15) is 4.79 Å². The molecule has 0 radical (unpaired) electrons. The number of hydrogen-bond donors (Lipinski definition) is 1. The largest absolute Gasteiger partial charge is 0.493 e. The highest BCUT2D eigenvalue weighted by Gasteiger charge is 2.24. The molecule has 0 bridgehead atoms. The zero-order chi connectivity index (χ0) is 19.5. The minimum absolute atomic E-state index is 0.0204. The van der Waals surface area contributed by atoms with Crippen LogP contribution in [-0.4, -0.2) is 22.3 Å². The molecule has 1 amide bonds. The molecule has 2 aromatic carbocycles. The van der Waals surface area contributed by atoms with Crippen LogP contribution in [0.25, 0.3) is 11.1 Å². The number of aryl methyl sites for hydroxylation is 2. The van der Waals surface area contributed by atoms with Crippen LogP contribution in [0.15, 0.2) is 54.7 Å². The maximum Gasteiger partial charge on any atom is 0.242 e. The molecule has 1 N–H and O–H groups in total. The highest BCUT2D eigenvalue weighted by atomic mass is 16.5. The second-order valence-electron chi connectivity index (χ2n) is 7.14. The number of carbonyl (C=O) groups is 1. The van der Waals surface area contributed by atoms with Gasteiger partial charge in [-0.2, -0.15) is 5.10 Å². The molecule has 0 fully saturated rings. The SMILES string of the molecule is CCc1cccc2c1OCCC2NC(=O)Cn1cc(-c2ccccc2)c(C)n1. The molecule has 0 saturated heterocycles. The molecule has 1 unspecified atom stereocenters. The quantitative estimate of drug-likeness (QED) is 0.732. The van der Waals surface area contributed by atoms with Crippen molar-refractivity contribution in [2.24, 2.45) is 0 Å². The number of benzene rings is 2. The number of para-hydroxylation sites is 1. The fraction of sp³-hybridized carbons (Fsp3) is 0.304. The summed E-state index contributed by atoms with van der Waals surface area (Å²) in [5.41, 5.74) is 5.34. The topological polar surface area (TPSA) is 56.1 Å². The minimum atomic E-state index is -0.0399. The van der Waals surface area contributed by atoms with Crippen LogP contribution in [0.4, 0.5) is 0 Å². The van der Waals surface area contributed by atoms with Crippen molar-refractivity contribution in [3.8, 4) is 16.9 Å². The molecule has 5 heteroatoms. The van der Waals surface area contributed by atoms with Crippen LogP contribution in [0.1, 0.15) is 36.2 Å². The summed E-state index contributed by atoms with van der Waals surface area (Å²) >= 11 is 0. The van der Waals surface area contributed by atoms with Gasteiger partial charge in [0.1, 0.15) is 12.3 Å². The maximum atomic E-state index is 12.7. The maximum absolute atomic E-state index is 12.7. The van der Waals surface area contributed by atoms with Gasteiger partial charge in [0.2, 0.25) is 5.91 Å². The third kappa shape index (κ3) is 3.65. The van der Waals surface area contributed by atoms with Crippen LogP contribution < -0.4 is 10.1 Å². The Bertz CT molecular complexity index is 979. The summed E-state index contributed by atoms with van der Waals surface area (Å²) < 4.78 is 7.59. The van der Waals surface area contributed by atoms with E-state index in [-0.39, 0.29) is 18.5 Å². The third-order valence-electron chi connectivity index (χ3n) is 5.21. The second-order valence-corrected chi connectivity index (χ2v) is 7.14. The Morgan fingerprint density at radius 2 is 2.04 bits per heavy atom. The smallest absolute Gasteiger partial charge is 0.242 e. The van der Waals surface area contributed by atoms with E-state index in [1.807, 2.05) is 43.5 Å². The van der Waals surface area contributed by atoms with Gasteiger partial charge in [0, 0.05) is 23.7 Å². The molecule has 1 aliphatic heterocycles. The molecule has 5 nitrogen and oxygen atoms in total. The van der Waals surface area contributed by atoms with Gasteiger partial charge in [-0.1, -0.05) is 55.5 Å². The number of amides is 1. The van der Waals surface area contributed by atoms with E-state index in [0.29, 0.717) is 6.61 Å². The predicted molar refractivity (Wildman–Crippen MR) is 109 cm³/mol. The number of nitrogens with zero attached hydrogens (tertiary/aromatic N) is 2. The van der Waals surface area contributed by atoms with Crippen LogP contribution in [-0.2, 0) is 17.8 Å². The van der Waals surface area contributed by atoms with Crippen molar-refractivity contribution in [2.45, 2.75) is 39.3 Å². The molecule has 28 heavy (non-hydrogen) atoms. The molecular weight excluding hydrogens is 350 g/mol. The van der Waals surface area contributed by atoms with Crippen molar-refractivity contribution in [3.63, 3.8) is 0 Å². The molecule has 1 atom stereocenters. The number of rotatable bonds is 5. The lowest BCUT2D eigenvalue weighted by molar-refractivity contribution is -0.122. The lowest BCUT2D eigenvalue weighted by atomic mass is 9.96. The highest BCUT2D eigenvalue weighted by molar-refractivity contribution is 5.77. The van der Waals surface area contributed by atoms with E-state index in [2.05, 4.69) is 35.5 Å². The number of carbonyl (C=O) groups excluding carboxylic acids is 1. The van der Waals surface area contributed by atoms with Crippen molar-refractivity contribution in [3.05, 3.63) is 71.5 Å². The van der Waals surface area contributed by atoms with E-state index in [1.165, 1.54) is 5.56 Å². The lowest BCUT2D eigenvalue weighted by Gasteiger charge is -2.28. The van der Waals surface area contributed by atoms with Crippen LogP contribution in [0.5, 0.6) is 5.75 Å². The first-order chi connectivity index (χ1) is 13.7. The van der Waals surface area contributed by atoms with E-state index < -0.39 is 0 Å². The molecule has 0 spiro atoms. The van der Waals surface area contributed by atoms with Crippen molar-refractivity contribution in [2.75, 3.05) is 6.61 Å². The predicted octanol–water partition coefficient (Wildman–Crippen LogP) is 4.06. The zero-order valence-corrected chi connectivity index (χ0v) is 16.3. The van der Waals surface area contributed by atoms with Crippen molar-refractivity contribution < 1.29 is 9.53 Å². The zero-order valence-electron chi connectivity index (χ0n) is 16.3. The van der Waals surface area contributed by atoms with Gasteiger partial charge in [0.05, 0.1) is 18.3 Å². The Morgan fingerprint density at radius 3 is 2.82 bits per heavy atom. The summed E-state index contributed by atoms with van der Waals surface area (Å²) in [6, 6.07) is 16.3. The van der Waals surface area contributed by atoms with Gasteiger partial charge in [0.15, 0.2) is 0 Å². The molecule has 4 rings (SSSR count). The Morgan fingerprint density at radius 1 is 1.21 bits per heavy atom. The standard InChI is InChI=1S/C23H25N3O2/c1-3-17-10-7-11-19-21(12-13-28-23(17)19)24-22(27)15-26-14-20(16(2)25-26)18-8-5-4-6-9-18/h4-11,14,21H,3,12-13,15H2,1-2H3,(H,24,27). The summed E-state index contributed by atoms with van der Waals surface area (Å²) in [7, 11) is 0. The fourth-order valence-electron chi connectivity index (χ4n) is 3.80. The first-order valence-electron chi connectivity index (χ1n) is 9.79. The first kappa shape index (κ1) is 18.3. The monoisotopic (exact) mass is 375 g/mol. The van der Waals surface area contributed by atoms with Crippen LogP contribution in [0.2, 0.25) is 0 Å². The Hall–Kier alpha value is -3.08. The van der Waals surface area contributed by atoms with Crippen LogP contribution in [0.3, 0.4) is 0 Å². The number of nitrogens with one attached hydrogen (secondary N) is 1. The molecule has 0 saturated carbocycles. The van der Waals surface area contributed by atoms with Gasteiger partial charge in [-0.15, -0.1) is 0 Å². The summed E-state index contributed by atoms with van der Waals surface area (Å²) in [4.78, 5) is 12.7. The van der Waals surface area contributed by atoms with E-state index in [4.69, 9.17) is 4.74 Å². The van der Waals surface area contributed by atoms with Crippen LogP contribution in [0, 0.1) is 6.92 Å². The lowest BCUT2D eigenvalue weighted by Crippen LogP contribution is -2.34. The third-order valence-corrected chi connectivity index (χ3v) is 5.21. The van der Waals surface area contributed by atoms with E-state index in [1.54, 1.807) is 4.68 Å². The van der Waals surface area contributed by atoms with E-state index in [0.717, 1.165) is 41.0 Å². The number of aromatic nitrogens is 2. The van der Waals surface area contributed by atoms with Gasteiger partial charge >= 0.3 is 0 Å². The van der Waals surface area contributed by atoms with Crippen molar-refractivity contribution >= 4 is 5.91 Å². The molecule has 1 aliphatic rings. The van der Waals surface area contributed by atoms with Crippen molar-refractivity contribution in [1.29, 1.82) is 0 Å². The Labute approximate surface area is 165 Å². The average molecular weight is 375 g/mol. The Kier molecular flexibility index (Phi) is 5.15. The van der Waals surface area contributed by atoms with Gasteiger partial charge in [-0.25, -0.2) is 0 Å². The summed E-state index contributed by atoms with van der Waals surface area (Å²) in [5, 5.41) is 7.69. The molecule has 144 valence electrons. The van der Waals surface area contributed by atoms with Gasteiger partial charge in [0.25, 0.3) is 0 Å². The normalized spacial score (nSPS) is 15.6. The van der Waals surface area contributed by atoms with E-state index >= 15 is 0 Å². The summed E-state index contributed by atoms with van der Waals surface area (Å²) in [5.74, 6) is 0.893. The molecule has 1 aromatic heterocycles. The molecule has 3 aromatic rings. The number of fused-ring (bicyclic) bond motifs is 1. The molecule has 2 heterocycles. The van der Waals surface area contributed by atoms with Crippen LogP contribution >= 0.6 is 0 Å². The first-order valence-corrected chi connectivity index (χ1v) is 9.79. The molecule has 0 aliphatic carbocycles. The van der Waals surface area contributed by atoms with Gasteiger partial charge in [-0.05, 0) is 24.5 Å². The van der Waals surface area contributed by atoms with Gasteiger partial charge < -0.3 is 10.1 Å². The highest BCUT2D eigenvalue weighted by Crippen LogP contribution is 2.35. The summed E-state index contributed by atoms with van der Waals surface area (Å²) in [6.45, 7) is 4.91. The van der Waals surface area contributed by atoms with Crippen molar-refractivity contribution in [1.82, 2.24) is 15.1 Å². The fourth-order valence-corrected chi connectivity index (χ4v) is 3.80. The number of hydrogen-bond acceptors (Lipinski definition) is 3. The Balaban J connectivity index is 1.48. The number of ether oxygens (including phenoxy) is 1. The molecular formula is C23H25N3O2. The summed E-state index contributed by atoms with van der Waals surface area (Å²) in [6.07, 6.45) is 3.63. The minimum Gasteiger partial charge on any atom is -0.493 e.